The molecule has 0 amide bonds. The summed E-state index contributed by atoms with van der Waals surface area (Å²) in [4.78, 5) is 10.6. The summed E-state index contributed by atoms with van der Waals surface area (Å²) < 4.78 is 2.28. The molecule has 1 aromatic carbocycles. The van der Waals surface area contributed by atoms with Crippen molar-refractivity contribution in [3.8, 4) is 0 Å². The molecule has 0 saturated carbocycles. The Morgan fingerprint density at radius 3 is 2.81 bits per heavy atom. The van der Waals surface area contributed by atoms with E-state index in [0.29, 0.717) is 12.5 Å². The predicted octanol–water partition coefficient (Wildman–Crippen LogP) is 3.77. The van der Waals surface area contributed by atoms with Gasteiger partial charge < -0.3 is 10.4 Å². The maximum Gasteiger partial charge on any atom is 0.305 e. The Kier molecular flexibility index (Phi) is 5.12. The van der Waals surface area contributed by atoms with Gasteiger partial charge in [-0.05, 0) is 32.3 Å². The van der Waals surface area contributed by atoms with Crippen LogP contribution in [-0.2, 0) is 10.2 Å². The summed E-state index contributed by atoms with van der Waals surface area (Å²) in [6, 6.07) is 8.58. The number of carboxylic acid groups (broad SMARTS) is 1. The molecule has 0 saturated heterocycles. The number of aliphatic carboxylic acids is 1. The Balaban J connectivity index is 1.65. The number of fused-ring (bicyclic) bond motifs is 1. The number of allylic oxidation sites excluding steroid dienone is 5. The smallest absolute Gasteiger partial charge is 0.305 e. The molecule has 0 fully saturated rings. The topological polar surface area (TPSA) is 52.3 Å². The molecule has 1 aromatic rings. The second kappa shape index (κ2) is 7.32. The van der Waals surface area contributed by atoms with Crippen LogP contribution >= 0.6 is 0 Å². The van der Waals surface area contributed by atoms with Gasteiger partial charge in [-0.25, -0.2) is 0 Å². The Morgan fingerprint density at radius 1 is 1.38 bits per heavy atom. The minimum atomic E-state index is -0.778. The van der Waals surface area contributed by atoms with E-state index in [-0.39, 0.29) is 11.8 Å². The van der Waals surface area contributed by atoms with Gasteiger partial charge in [-0.3, -0.25) is 4.79 Å². The quantitative estimate of drug-likeness (QED) is 0.767. The van der Waals surface area contributed by atoms with Crippen molar-refractivity contribution >= 4 is 17.4 Å². The van der Waals surface area contributed by atoms with Crippen LogP contribution in [0.2, 0.25) is 0 Å². The standard InChI is InChI=1S/C22H26N2O2/c1-22(2)18-6-4-5-7-19(18)24(3)20(22)13-10-16-8-11-17(12-9-16)23-15-14-21(25)26/h4-8,10-13,16,23H,9,14-15H2,1-3H3/p+1/b13-10+. The highest BCUT2D eigenvalue weighted by molar-refractivity contribution is 6.03. The van der Waals surface area contributed by atoms with Gasteiger partial charge in [0.15, 0.2) is 5.71 Å². The summed E-state index contributed by atoms with van der Waals surface area (Å²) in [5, 5.41) is 11.9. The van der Waals surface area contributed by atoms with Crippen molar-refractivity contribution in [2.45, 2.75) is 32.1 Å². The fraction of sp³-hybridized carbons (Fsp3) is 0.364. The van der Waals surface area contributed by atoms with E-state index in [9.17, 15) is 4.79 Å². The molecular formula is C22H27N2O2+. The van der Waals surface area contributed by atoms with Crippen molar-refractivity contribution in [1.29, 1.82) is 0 Å². The SMILES string of the molecule is C[N+]1=C(/C=C/C2C=CC(NCCC(=O)O)=CC2)C(C)(C)c2ccccc21. The molecule has 0 spiro atoms. The number of carboxylic acids is 1. The van der Waals surface area contributed by atoms with Crippen LogP contribution in [-0.4, -0.2) is 35.0 Å². The molecule has 1 heterocycles. The maximum atomic E-state index is 10.6. The first-order valence-electron chi connectivity index (χ1n) is 9.12. The lowest BCUT2D eigenvalue weighted by molar-refractivity contribution is -0.401. The Bertz CT molecular complexity index is 828. The summed E-state index contributed by atoms with van der Waals surface area (Å²) in [7, 11) is 2.13. The molecule has 2 aliphatic rings. The summed E-state index contributed by atoms with van der Waals surface area (Å²) in [5.41, 5.74) is 4.96. The molecule has 0 radical (unpaired) electrons. The maximum absolute atomic E-state index is 10.6. The zero-order valence-corrected chi connectivity index (χ0v) is 15.7. The van der Waals surface area contributed by atoms with Crippen molar-refractivity contribution in [2.75, 3.05) is 13.6 Å². The number of hydrogen-bond acceptors (Lipinski definition) is 2. The van der Waals surface area contributed by atoms with E-state index in [2.05, 4.69) is 79.4 Å². The van der Waals surface area contributed by atoms with Crippen LogP contribution in [0.25, 0.3) is 0 Å². The van der Waals surface area contributed by atoms with Gasteiger partial charge in [0.25, 0.3) is 0 Å². The lowest BCUT2D eigenvalue weighted by atomic mass is 9.81. The number of hydrogen-bond donors (Lipinski definition) is 2. The van der Waals surface area contributed by atoms with Gasteiger partial charge in [-0.1, -0.05) is 36.4 Å². The Morgan fingerprint density at radius 2 is 2.15 bits per heavy atom. The third-order valence-corrected chi connectivity index (χ3v) is 5.24. The average Bonchev–Trinajstić information content (AvgIpc) is 2.81. The first-order chi connectivity index (χ1) is 12.4. The second-order valence-electron chi connectivity index (χ2n) is 7.43. The van der Waals surface area contributed by atoms with Crippen LogP contribution < -0.4 is 5.32 Å². The van der Waals surface area contributed by atoms with Gasteiger partial charge in [0.2, 0.25) is 5.69 Å². The number of nitrogens with zero attached hydrogens (tertiary/aromatic N) is 1. The number of carbonyl (C=O) groups is 1. The largest absolute Gasteiger partial charge is 0.481 e. The second-order valence-corrected chi connectivity index (χ2v) is 7.43. The third kappa shape index (κ3) is 3.64. The molecular weight excluding hydrogens is 324 g/mol. The first-order valence-corrected chi connectivity index (χ1v) is 9.12. The van der Waals surface area contributed by atoms with Crippen molar-refractivity contribution in [3.63, 3.8) is 0 Å². The zero-order chi connectivity index (χ0) is 18.7. The first kappa shape index (κ1) is 18.2. The highest BCUT2D eigenvalue weighted by Gasteiger charge is 2.42. The number of nitrogens with one attached hydrogen (secondary N) is 1. The highest BCUT2D eigenvalue weighted by Crippen LogP contribution is 2.39. The highest BCUT2D eigenvalue weighted by atomic mass is 16.4. The van der Waals surface area contributed by atoms with E-state index in [1.165, 1.54) is 17.0 Å². The van der Waals surface area contributed by atoms with Crippen LogP contribution in [0.3, 0.4) is 0 Å². The molecule has 136 valence electrons. The molecule has 1 unspecified atom stereocenters. The lowest BCUT2D eigenvalue weighted by Gasteiger charge is -2.17. The van der Waals surface area contributed by atoms with Crippen LogP contribution in [0.15, 0.2) is 60.3 Å². The van der Waals surface area contributed by atoms with E-state index in [0.717, 1.165) is 12.1 Å². The van der Waals surface area contributed by atoms with Gasteiger partial charge in [0.05, 0.1) is 11.8 Å². The molecule has 4 heteroatoms. The van der Waals surface area contributed by atoms with Gasteiger partial charge in [0.1, 0.15) is 7.05 Å². The Labute approximate surface area is 155 Å². The molecule has 1 atom stereocenters. The van der Waals surface area contributed by atoms with Crippen LogP contribution in [0, 0.1) is 5.92 Å². The lowest BCUT2D eigenvalue weighted by Crippen LogP contribution is -2.26. The minimum Gasteiger partial charge on any atom is -0.481 e. The summed E-state index contributed by atoms with van der Waals surface area (Å²) in [6.07, 6.45) is 11.9. The van der Waals surface area contributed by atoms with E-state index >= 15 is 0 Å². The van der Waals surface area contributed by atoms with Gasteiger partial charge in [-0.15, -0.1) is 0 Å². The van der Waals surface area contributed by atoms with Crippen LogP contribution in [0.4, 0.5) is 5.69 Å². The van der Waals surface area contributed by atoms with Crippen LogP contribution in [0.1, 0.15) is 32.3 Å². The predicted molar refractivity (Wildman–Crippen MR) is 105 cm³/mol. The minimum absolute atomic E-state index is 0.000385. The molecule has 1 aliphatic carbocycles. The molecule has 4 nitrogen and oxygen atoms in total. The molecule has 0 bridgehead atoms. The number of para-hydroxylation sites is 1. The Hall–Kier alpha value is -2.62. The van der Waals surface area contributed by atoms with E-state index in [1.807, 2.05) is 6.08 Å². The van der Waals surface area contributed by atoms with E-state index < -0.39 is 5.97 Å². The van der Waals surface area contributed by atoms with Gasteiger partial charge in [0, 0.05) is 29.9 Å². The van der Waals surface area contributed by atoms with Crippen molar-refractivity contribution < 1.29 is 14.5 Å². The van der Waals surface area contributed by atoms with Gasteiger partial charge >= 0.3 is 5.97 Å². The normalized spacial score (nSPS) is 21.0. The molecule has 1 aliphatic heterocycles. The third-order valence-electron chi connectivity index (χ3n) is 5.24. The van der Waals surface area contributed by atoms with Crippen molar-refractivity contribution in [3.05, 3.63) is 65.9 Å². The summed E-state index contributed by atoms with van der Waals surface area (Å²) in [5.74, 6) is -0.416. The summed E-state index contributed by atoms with van der Waals surface area (Å²) >= 11 is 0. The van der Waals surface area contributed by atoms with Crippen molar-refractivity contribution in [2.24, 2.45) is 5.92 Å². The molecule has 3 rings (SSSR count). The van der Waals surface area contributed by atoms with E-state index in [1.54, 1.807) is 0 Å². The molecule has 2 N–H and O–H groups in total. The monoisotopic (exact) mass is 351 g/mol. The van der Waals surface area contributed by atoms with Crippen molar-refractivity contribution in [1.82, 2.24) is 5.32 Å². The molecule has 0 aromatic heterocycles. The average molecular weight is 351 g/mol. The summed E-state index contributed by atoms with van der Waals surface area (Å²) in [6.45, 7) is 5.01. The number of benzene rings is 1. The fourth-order valence-electron chi connectivity index (χ4n) is 3.74. The van der Waals surface area contributed by atoms with Gasteiger partial charge in [-0.2, -0.15) is 4.58 Å². The fourth-order valence-corrected chi connectivity index (χ4v) is 3.74. The van der Waals surface area contributed by atoms with E-state index in [4.69, 9.17) is 5.11 Å². The number of rotatable bonds is 6. The van der Waals surface area contributed by atoms with Crippen LogP contribution in [0.5, 0.6) is 0 Å². The molecule has 26 heavy (non-hydrogen) atoms. The zero-order valence-electron chi connectivity index (χ0n) is 15.7.